The van der Waals surface area contributed by atoms with E-state index in [1.54, 1.807) is 19.2 Å². The van der Waals surface area contributed by atoms with E-state index in [-0.39, 0.29) is 11.9 Å². The van der Waals surface area contributed by atoms with E-state index in [0.29, 0.717) is 25.0 Å². The Morgan fingerprint density at radius 3 is 2.60 bits per heavy atom. The summed E-state index contributed by atoms with van der Waals surface area (Å²) in [6.45, 7) is 5.35. The van der Waals surface area contributed by atoms with Gasteiger partial charge >= 0.3 is 6.61 Å². The van der Waals surface area contributed by atoms with E-state index in [1.165, 1.54) is 6.07 Å². The van der Waals surface area contributed by atoms with Crippen LogP contribution in [0.25, 0.3) is 0 Å². The summed E-state index contributed by atoms with van der Waals surface area (Å²) in [5.74, 6) is 1.25. The predicted molar refractivity (Wildman–Crippen MR) is 96.1 cm³/mol. The SMILES string of the molecule is CCOC(CCNC(=NC)NCc1cccc(OC(F)F)c1)C(C)C. The molecule has 0 saturated carbocycles. The fraction of sp³-hybridized carbons (Fsp3) is 0.611. The van der Waals surface area contributed by atoms with Gasteiger partial charge < -0.3 is 20.1 Å². The van der Waals surface area contributed by atoms with Crippen LogP contribution in [0.1, 0.15) is 32.8 Å². The minimum Gasteiger partial charge on any atom is -0.435 e. The standard InChI is InChI=1S/C18H29F2N3O2/c1-5-24-16(13(2)3)9-10-22-18(21-4)23-12-14-7-6-8-15(11-14)25-17(19)20/h6-8,11,13,16-17H,5,9-10,12H2,1-4H3,(H2,21,22,23). The number of halogens is 2. The van der Waals surface area contributed by atoms with Crippen molar-refractivity contribution >= 4 is 5.96 Å². The number of nitrogens with zero attached hydrogens (tertiary/aromatic N) is 1. The van der Waals surface area contributed by atoms with Crippen LogP contribution in [0.15, 0.2) is 29.3 Å². The maximum atomic E-state index is 12.3. The Bertz CT molecular complexity index is 525. The van der Waals surface area contributed by atoms with Crippen molar-refractivity contribution in [3.05, 3.63) is 29.8 Å². The van der Waals surface area contributed by atoms with Gasteiger partial charge in [0, 0.05) is 26.7 Å². The molecule has 0 heterocycles. The quantitative estimate of drug-likeness (QED) is 0.498. The van der Waals surface area contributed by atoms with Gasteiger partial charge in [-0.2, -0.15) is 8.78 Å². The number of benzene rings is 1. The van der Waals surface area contributed by atoms with Crippen LogP contribution in [0.2, 0.25) is 0 Å². The summed E-state index contributed by atoms with van der Waals surface area (Å²) in [6.07, 6.45) is 1.09. The molecular weight excluding hydrogens is 328 g/mol. The van der Waals surface area contributed by atoms with Gasteiger partial charge in [0.15, 0.2) is 5.96 Å². The maximum absolute atomic E-state index is 12.3. The van der Waals surface area contributed by atoms with Crippen LogP contribution < -0.4 is 15.4 Å². The first-order valence-electron chi connectivity index (χ1n) is 8.56. The Balaban J connectivity index is 2.44. The molecule has 5 nitrogen and oxygen atoms in total. The summed E-state index contributed by atoms with van der Waals surface area (Å²) in [7, 11) is 1.69. The van der Waals surface area contributed by atoms with E-state index < -0.39 is 6.61 Å². The van der Waals surface area contributed by atoms with Gasteiger partial charge in [0.2, 0.25) is 0 Å². The van der Waals surface area contributed by atoms with Crippen molar-refractivity contribution in [3.63, 3.8) is 0 Å². The third kappa shape index (κ3) is 8.67. The second-order valence-electron chi connectivity index (χ2n) is 5.90. The van der Waals surface area contributed by atoms with E-state index in [9.17, 15) is 8.78 Å². The summed E-state index contributed by atoms with van der Waals surface area (Å²) < 4.78 is 34.6. The number of aliphatic imine (C=N–C) groups is 1. The topological polar surface area (TPSA) is 54.9 Å². The molecule has 142 valence electrons. The summed E-state index contributed by atoms with van der Waals surface area (Å²) in [6, 6.07) is 6.60. The molecule has 0 aliphatic carbocycles. The first-order valence-corrected chi connectivity index (χ1v) is 8.56. The molecule has 1 rings (SSSR count). The fourth-order valence-corrected chi connectivity index (χ4v) is 2.39. The lowest BCUT2D eigenvalue weighted by atomic mass is 10.0. The zero-order chi connectivity index (χ0) is 18.7. The van der Waals surface area contributed by atoms with E-state index in [2.05, 4.69) is 34.2 Å². The van der Waals surface area contributed by atoms with E-state index >= 15 is 0 Å². The first-order chi connectivity index (χ1) is 12.0. The van der Waals surface area contributed by atoms with Crippen molar-refractivity contribution in [2.45, 2.75) is 46.5 Å². The van der Waals surface area contributed by atoms with E-state index in [0.717, 1.165) is 18.5 Å². The van der Waals surface area contributed by atoms with Crippen molar-refractivity contribution in [1.29, 1.82) is 0 Å². The Morgan fingerprint density at radius 2 is 2.00 bits per heavy atom. The molecule has 0 aromatic heterocycles. The van der Waals surface area contributed by atoms with Gasteiger partial charge in [0.25, 0.3) is 0 Å². The predicted octanol–water partition coefficient (Wildman–Crippen LogP) is 3.40. The Morgan fingerprint density at radius 1 is 1.24 bits per heavy atom. The molecule has 25 heavy (non-hydrogen) atoms. The van der Waals surface area contributed by atoms with Crippen molar-refractivity contribution < 1.29 is 18.3 Å². The molecule has 1 atom stereocenters. The third-order valence-corrected chi connectivity index (χ3v) is 3.65. The average Bonchev–Trinajstić information content (AvgIpc) is 2.56. The molecule has 0 aliphatic rings. The first kappa shape index (κ1) is 21.2. The second-order valence-corrected chi connectivity index (χ2v) is 5.90. The molecule has 7 heteroatoms. The van der Waals surface area contributed by atoms with Crippen LogP contribution >= 0.6 is 0 Å². The molecule has 2 N–H and O–H groups in total. The number of nitrogens with one attached hydrogen (secondary N) is 2. The Labute approximate surface area is 148 Å². The number of hydrogen-bond donors (Lipinski definition) is 2. The van der Waals surface area contributed by atoms with Gasteiger partial charge in [-0.05, 0) is 37.0 Å². The maximum Gasteiger partial charge on any atom is 0.387 e. The van der Waals surface area contributed by atoms with E-state index in [1.807, 2.05) is 13.0 Å². The summed E-state index contributed by atoms with van der Waals surface area (Å²) >= 11 is 0. The Hall–Kier alpha value is -1.89. The lowest BCUT2D eigenvalue weighted by Gasteiger charge is -2.21. The second kappa shape index (κ2) is 11.6. The van der Waals surface area contributed by atoms with Gasteiger partial charge in [-0.25, -0.2) is 0 Å². The molecule has 0 saturated heterocycles. The van der Waals surface area contributed by atoms with Gasteiger partial charge in [-0.1, -0.05) is 26.0 Å². The molecule has 1 aromatic rings. The van der Waals surface area contributed by atoms with Crippen molar-refractivity contribution in [1.82, 2.24) is 10.6 Å². The fourth-order valence-electron chi connectivity index (χ4n) is 2.39. The molecule has 0 bridgehead atoms. The average molecular weight is 357 g/mol. The van der Waals surface area contributed by atoms with Crippen LogP contribution in [0.4, 0.5) is 8.78 Å². The molecule has 0 radical (unpaired) electrons. The molecule has 0 aliphatic heterocycles. The largest absolute Gasteiger partial charge is 0.435 e. The number of ether oxygens (including phenoxy) is 2. The van der Waals surface area contributed by atoms with Crippen LogP contribution in [-0.2, 0) is 11.3 Å². The third-order valence-electron chi connectivity index (χ3n) is 3.65. The minimum absolute atomic E-state index is 0.147. The van der Waals surface area contributed by atoms with Gasteiger partial charge in [-0.15, -0.1) is 0 Å². The van der Waals surface area contributed by atoms with Crippen LogP contribution in [0.5, 0.6) is 5.75 Å². The highest BCUT2D eigenvalue weighted by Gasteiger charge is 2.13. The van der Waals surface area contributed by atoms with Crippen molar-refractivity contribution in [2.24, 2.45) is 10.9 Å². The van der Waals surface area contributed by atoms with Gasteiger partial charge in [0.1, 0.15) is 5.75 Å². The van der Waals surface area contributed by atoms with Crippen LogP contribution in [0, 0.1) is 5.92 Å². The zero-order valence-corrected chi connectivity index (χ0v) is 15.4. The lowest BCUT2D eigenvalue weighted by Crippen LogP contribution is -2.38. The molecule has 1 aromatic carbocycles. The van der Waals surface area contributed by atoms with Crippen molar-refractivity contribution in [3.8, 4) is 5.75 Å². The number of hydrogen-bond acceptors (Lipinski definition) is 3. The van der Waals surface area contributed by atoms with Gasteiger partial charge in [-0.3, -0.25) is 4.99 Å². The van der Waals surface area contributed by atoms with Crippen LogP contribution in [-0.4, -0.2) is 38.9 Å². The highest BCUT2D eigenvalue weighted by Crippen LogP contribution is 2.15. The highest BCUT2D eigenvalue weighted by molar-refractivity contribution is 5.79. The molecule has 0 fully saturated rings. The van der Waals surface area contributed by atoms with Crippen LogP contribution in [0.3, 0.4) is 0 Å². The molecule has 1 unspecified atom stereocenters. The zero-order valence-electron chi connectivity index (χ0n) is 15.4. The van der Waals surface area contributed by atoms with E-state index in [4.69, 9.17) is 4.74 Å². The number of rotatable bonds is 10. The molecular formula is C18H29F2N3O2. The summed E-state index contributed by atoms with van der Waals surface area (Å²) in [4.78, 5) is 4.16. The smallest absolute Gasteiger partial charge is 0.387 e. The summed E-state index contributed by atoms with van der Waals surface area (Å²) in [5, 5.41) is 6.39. The normalized spacial score (nSPS) is 13.2. The Kier molecular flexibility index (Phi) is 9.84. The minimum atomic E-state index is -2.82. The molecule has 0 amide bonds. The number of guanidine groups is 1. The highest BCUT2D eigenvalue weighted by atomic mass is 19.3. The summed E-state index contributed by atoms with van der Waals surface area (Å²) in [5.41, 5.74) is 0.829. The van der Waals surface area contributed by atoms with Crippen molar-refractivity contribution in [2.75, 3.05) is 20.2 Å². The molecule has 0 spiro atoms. The lowest BCUT2D eigenvalue weighted by molar-refractivity contribution is -0.0498. The monoisotopic (exact) mass is 357 g/mol. The van der Waals surface area contributed by atoms with Gasteiger partial charge in [0.05, 0.1) is 6.10 Å². The number of alkyl halides is 2.